The summed E-state index contributed by atoms with van der Waals surface area (Å²) >= 11 is 1.15. The molecule has 0 aliphatic carbocycles. The SMILES string of the molecule is O=C1c2ccccc2S(=O)(=O)N1CCSc1ccc(F)c(F)c1. The van der Waals surface area contributed by atoms with Crippen molar-refractivity contribution in [2.45, 2.75) is 9.79 Å². The fourth-order valence-corrected chi connectivity index (χ4v) is 4.81. The maximum atomic E-state index is 13.1. The first-order valence-corrected chi connectivity index (χ1v) is 9.08. The predicted molar refractivity (Wildman–Crippen MR) is 81.7 cm³/mol. The van der Waals surface area contributed by atoms with Gasteiger partial charge in [0.25, 0.3) is 15.9 Å². The second kappa shape index (κ2) is 5.93. The van der Waals surface area contributed by atoms with Gasteiger partial charge in [0.2, 0.25) is 0 Å². The van der Waals surface area contributed by atoms with Gasteiger partial charge in [-0.25, -0.2) is 21.5 Å². The van der Waals surface area contributed by atoms with Crippen molar-refractivity contribution in [3.8, 4) is 0 Å². The summed E-state index contributed by atoms with van der Waals surface area (Å²) in [6, 6.07) is 9.47. The van der Waals surface area contributed by atoms with E-state index in [-0.39, 0.29) is 22.8 Å². The third kappa shape index (κ3) is 2.84. The van der Waals surface area contributed by atoms with E-state index in [9.17, 15) is 22.0 Å². The number of hydrogen-bond donors (Lipinski definition) is 0. The summed E-state index contributed by atoms with van der Waals surface area (Å²) < 4.78 is 51.4. The minimum atomic E-state index is -3.83. The number of fused-ring (bicyclic) bond motifs is 1. The maximum absolute atomic E-state index is 13.1. The summed E-state index contributed by atoms with van der Waals surface area (Å²) in [5.74, 6) is -2.23. The van der Waals surface area contributed by atoms with E-state index in [4.69, 9.17) is 0 Å². The second-order valence-corrected chi connectivity index (χ2v) is 7.80. The number of benzene rings is 2. The van der Waals surface area contributed by atoms with Crippen LogP contribution < -0.4 is 0 Å². The number of carbonyl (C=O) groups excluding carboxylic acids is 1. The zero-order chi connectivity index (χ0) is 16.6. The van der Waals surface area contributed by atoms with Gasteiger partial charge in [0, 0.05) is 17.2 Å². The highest BCUT2D eigenvalue weighted by Gasteiger charge is 2.40. The van der Waals surface area contributed by atoms with Crippen LogP contribution in [0.4, 0.5) is 8.78 Å². The zero-order valence-electron chi connectivity index (χ0n) is 11.7. The standard InChI is InChI=1S/C15H11F2NO3S2/c16-12-6-5-10(9-13(12)17)22-8-7-18-15(19)11-3-1-2-4-14(11)23(18,20)21/h1-6,9H,7-8H2. The van der Waals surface area contributed by atoms with Crippen LogP contribution in [0.2, 0.25) is 0 Å². The first kappa shape index (κ1) is 15.9. The lowest BCUT2D eigenvalue weighted by Gasteiger charge is -2.14. The van der Waals surface area contributed by atoms with Gasteiger partial charge in [0.15, 0.2) is 11.6 Å². The Balaban J connectivity index is 1.72. The number of sulfonamides is 1. The van der Waals surface area contributed by atoms with Gasteiger partial charge in [-0.1, -0.05) is 12.1 Å². The average molecular weight is 355 g/mol. The lowest BCUT2D eigenvalue weighted by atomic mass is 10.2. The molecule has 0 saturated heterocycles. The van der Waals surface area contributed by atoms with E-state index in [1.165, 1.54) is 18.2 Å². The van der Waals surface area contributed by atoms with Crippen molar-refractivity contribution in [2.24, 2.45) is 0 Å². The fourth-order valence-electron chi connectivity index (χ4n) is 2.27. The van der Waals surface area contributed by atoms with Gasteiger partial charge in [0.1, 0.15) is 4.90 Å². The molecular weight excluding hydrogens is 344 g/mol. The summed E-state index contributed by atoms with van der Waals surface area (Å²) in [6.07, 6.45) is 0. The van der Waals surface area contributed by atoms with Crippen molar-refractivity contribution < 1.29 is 22.0 Å². The van der Waals surface area contributed by atoms with Crippen LogP contribution in [0.1, 0.15) is 10.4 Å². The van der Waals surface area contributed by atoms with Crippen LogP contribution in [0.5, 0.6) is 0 Å². The third-order valence-corrected chi connectivity index (χ3v) is 6.18. The highest BCUT2D eigenvalue weighted by atomic mass is 32.2. The molecule has 0 radical (unpaired) electrons. The molecule has 0 unspecified atom stereocenters. The largest absolute Gasteiger partial charge is 0.269 e. The number of hydrogen-bond acceptors (Lipinski definition) is 4. The monoisotopic (exact) mass is 355 g/mol. The lowest BCUT2D eigenvalue weighted by molar-refractivity contribution is 0.0876. The smallest absolute Gasteiger partial charge is 0.268 e. The molecule has 23 heavy (non-hydrogen) atoms. The molecule has 0 spiro atoms. The number of carbonyl (C=O) groups is 1. The van der Waals surface area contributed by atoms with Crippen LogP contribution in [-0.4, -0.2) is 30.9 Å². The Labute approximate surface area is 136 Å². The van der Waals surface area contributed by atoms with Gasteiger partial charge in [-0.2, -0.15) is 0 Å². The highest BCUT2D eigenvalue weighted by molar-refractivity contribution is 7.99. The summed E-state index contributed by atoms with van der Waals surface area (Å²) in [6.45, 7) is -0.0422. The van der Waals surface area contributed by atoms with Crippen molar-refractivity contribution >= 4 is 27.7 Å². The molecule has 0 aromatic heterocycles. The molecule has 3 rings (SSSR count). The molecule has 1 heterocycles. The molecule has 0 fully saturated rings. The van der Waals surface area contributed by atoms with Crippen molar-refractivity contribution in [1.29, 1.82) is 0 Å². The maximum Gasteiger partial charge on any atom is 0.269 e. The molecule has 8 heteroatoms. The van der Waals surface area contributed by atoms with E-state index in [0.717, 1.165) is 28.2 Å². The predicted octanol–water partition coefficient (Wildman–Crippen LogP) is 2.90. The van der Waals surface area contributed by atoms with Crippen molar-refractivity contribution in [1.82, 2.24) is 4.31 Å². The Kier molecular flexibility index (Phi) is 4.11. The van der Waals surface area contributed by atoms with Crippen LogP contribution in [0.3, 0.4) is 0 Å². The Morgan fingerprint density at radius 3 is 2.48 bits per heavy atom. The van der Waals surface area contributed by atoms with E-state index in [2.05, 4.69) is 0 Å². The third-order valence-electron chi connectivity index (χ3n) is 3.37. The topological polar surface area (TPSA) is 54.5 Å². The van der Waals surface area contributed by atoms with Crippen LogP contribution in [0.25, 0.3) is 0 Å². The van der Waals surface area contributed by atoms with Crippen molar-refractivity contribution in [2.75, 3.05) is 12.3 Å². The number of halogens is 2. The van der Waals surface area contributed by atoms with Crippen LogP contribution in [0, 0.1) is 11.6 Å². The first-order valence-electron chi connectivity index (χ1n) is 6.65. The zero-order valence-corrected chi connectivity index (χ0v) is 13.3. The van der Waals surface area contributed by atoms with E-state index in [1.54, 1.807) is 12.1 Å². The Bertz CT molecular complexity index is 884. The van der Waals surface area contributed by atoms with E-state index in [0.29, 0.717) is 4.90 Å². The van der Waals surface area contributed by atoms with Gasteiger partial charge >= 0.3 is 0 Å². The van der Waals surface area contributed by atoms with Crippen molar-refractivity contribution in [3.63, 3.8) is 0 Å². The average Bonchev–Trinajstić information content (AvgIpc) is 2.72. The molecule has 0 saturated carbocycles. The van der Waals surface area contributed by atoms with Gasteiger partial charge in [-0.3, -0.25) is 4.79 Å². The fraction of sp³-hybridized carbons (Fsp3) is 0.133. The number of rotatable bonds is 4. The summed E-state index contributed by atoms with van der Waals surface area (Å²) in [5, 5.41) is 0. The van der Waals surface area contributed by atoms with Crippen molar-refractivity contribution in [3.05, 3.63) is 59.7 Å². The molecule has 1 amide bonds. The molecule has 0 N–H and O–H groups in total. The molecule has 0 bridgehead atoms. The summed E-state index contributed by atoms with van der Waals surface area (Å²) in [5.41, 5.74) is 0.158. The van der Waals surface area contributed by atoms with E-state index in [1.807, 2.05) is 0 Å². The number of thioether (sulfide) groups is 1. The highest BCUT2D eigenvalue weighted by Crippen LogP contribution is 2.30. The molecule has 1 aliphatic heterocycles. The Morgan fingerprint density at radius 1 is 1.04 bits per heavy atom. The number of amides is 1. The number of nitrogens with zero attached hydrogens (tertiary/aromatic N) is 1. The Hall–Kier alpha value is -1.93. The molecule has 120 valence electrons. The second-order valence-electron chi connectivity index (χ2n) is 4.80. The van der Waals surface area contributed by atoms with Crippen LogP contribution in [0.15, 0.2) is 52.3 Å². The Morgan fingerprint density at radius 2 is 1.78 bits per heavy atom. The molecule has 1 aliphatic rings. The van der Waals surface area contributed by atoms with Gasteiger partial charge in [0.05, 0.1) is 5.56 Å². The lowest BCUT2D eigenvalue weighted by Crippen LogP contribution is -2.32. The molecule has 2 aromatic rings. The summed E-state index contributed by atoms with van der Waals surface area (Å²) in [4.78, 5) is 12.6. The van der Waals surface area contributed by atoms with Crippen LogP contribution in [-0.2, 0) is 10.0 Å². The minimum absolute atomic E-state index is 0.00262. The quantitative estimate of drug-likeness (QED) is 0.792. The molecular formula is C15H11F2NO3S2. The molecule has 4 nitrogen and oxygen atoms in total. The van der Waals surface area contributed by atoms with Gasteiger partial charge < -0.3 is 0 Å². The molecule has 0 atom stereocenters. The summed E-state index contributed by atoms with van der Waals surface area (Å²) in [7, 11) is -3.83. The van der Waals surface area contributed by atoms with E-state index < -0.39 is 27.6 Å². The molecule has 2 aromatic carbocycles. The van der Waals surface area contributed by atoms with E-state index >= 15 is 0 Å². The minimum Gasteiger partial charge on any atom is -0.268 e. The normalized spacial score (nSPS) is 15.7. The van der Waals surface area contributed by atoms with Crippen LogP contribution >= 0.6 is 11.8 Å². The van der Waals surface area contributed by atoms with Gasteiger partial charge in [-0.05, 0) is 30.3 Å². The first-order chi connectivity index (χ1) is 10.9. The van der Waals surface area contributed by atoms with Gasteiger partial charge in [-0.15, -0.1) is 11.8 Å².